The van der Waals surface area contributed by atoms with Gasteiger partial charge in [-0.15, -0.1) is 0 Å². The molecule has 0 aliphatic carbocycles. The van der Waals surface area contributed by atoms with E-state index < -0.39 is 17.5 Å². The average molecular weight is 354 g/mol. The van der Waals surface area contributed by atoms with E-state index in [-0.39, 0.29) is 11.6 Å². The molecule has 1 unspecified atom stereocenters. The van der Waals surface area contributed by atoms with Crippen molar-refractivity contribution in [1.29, 1.82) is 0 Å². The molecule has 26 heavy (non-hydrogen) atoms. The molecular formula is C21H20F2N2O. The zero-order valence-corrected chi connectivity index (χ0v) is 14.4. The minimum Gasteiger partial charge on any atom is -0.344 e. The average Bonchev–Trinajstić information content (AvgIpc) is 3.12. The van der Waals surface area contributed by atoms with Gasteiger partial charge in [0, 0.05) is 24.9 Å². The first-order valence-electron chi connectivity index (χ1n) is 8.41. The van der Waals surface area contributed by atoms with Crippen LogP contribution in [0.15, 0.2) is 67.9 Å². The van der Waals surface area contributed by atoms with Gasteiger partial charge in [-0.3, -0.25) is 4.79 Å². The summed E-state index contributed by atoms with van der Waals surface area (Å²) in [6, 6.07) is 12.7. The summed E-state index contributed by atoms with van der Waals surface area (Å²) in [5, 5.41) is 0. The van der Waals surface area contributed by atoms with E-state index in [1.807, 2.05) is 35.2 Å². The molecule has 1 amide bonds. The fourth-order valence-corrected chi connectivity index (χ4v) is 3.25. The topological polar surface area (TPSA) is 23.6 Å². The first-order valence-corrected chi connectivity index (χ1v) is 8.41. The van der Waals surface area contributed by atoms with Gasteiger partial charge in [0.05, 0.1) is 11.6 Å². The van der Waals surface area contributed by atoms with Gasteiger partial charge in [0.25, 0.3) is 5.91 Å². The third-order valence-corrected chi connectivity index (χ3v) is 4.62. The predicted octanol–water partition coefficient (Wildman–Crippen LogP) is 4.30. The Labute approximate surface area is 151 Å². The van der Waals surface area contributed by atoms with E-state index in [9.17, 15) is 13.6 Å². The molecule has 2 aromatic carbocycles. The number of likely N-dealkylation sites (tertiary alicyclic amines) is 1. The SMILES string of the molecule is C=CN(C(=C)c1ccccc1)C1CCN(C(=O)c2ccc(F)cc2F)C1. The second kappa shape index (κ2) is 7.52. The summed E-state index contributed by atoms with van der Waals surface area (Å²) in [5.74, 6) is -1.97. The quantitative estimate of drug-likeness (QED) is 0.799. The fraction of sp³-hybridized carbons (Fsp3) is 0.190. The molecule has 2 aromatic rings. The van der Waals surface area contributed by atoms with Gasteiger partial charge in [-0.2, -0.15) is 0 Å². The zero-order chi connectivity index (χ0) is 18.7. The number of hydrogen-bond acceptors (Lipinski definition) is 2. The molecule has 0 aromatic heterocycles. The number of rotatable bonds is 5. The van der Waals surface area contributed by atoms with Gasteiger partial charge in [-0.1, -0.05) is 43.5 Å². The number of amides is 1. The molecule has 1 aliphatic heterocycles. The Balaban J connectivity index is 1.73. The Morgan fingerprint density at radius 1 is 1.19 bits per heavy atom. The van der Waals surface area contributed by atoms with E-state index in [0.717, 1.165) is 23.4 Å². The van der Waals surface area contributed by atoms with Crippen molar-refractivity contribution in [3.63, 3.8) is 0 Å². The summed E-state index contributed by atoms with van der Waals surface area (Å²) in [7, 11) is 0. The van der Waals surface area contributed by atoms with E-state index in [1.54, 1.807) is 11.1 Å². The maximum Gasteiger partial charge on any atom is 0.256 e. The molecule has 134 valence electrons. The second-order valence-corrected chi connectivity index (χ2v) is 6.22. The summed E-state index contributed by atoms with van der Waals surface area (Å²) >= 11 is 0. The van der Waals surface area contributed by atoms with Crippen LogP contribution in [-0.4, -0.2) is 34.8 Å². The van der Waals surface area contributed by atoms with Gasteiger partial charge in [0.1, 0.15) is 11.6 Å². The molecule has 5 heteroatoms. The van der Waals surface area contributed by atoms with Crippen molar-refractivity contribution >= 4 is 11.6 Å². The van der Waals surface area contributed by atoms with Crippen molar-refractivity contribution in [3.8, 4) is 0 Å². The van der Waals surface area contributed by atoms with Crippen LogP contribution in [0, 0.1) is 11.6 Å². The normalized spacial score (nSPS) is 16.4. The molecule has 3 rings (SSSR count). The second-order valence-electron chi connectivity index (χ2n) is 6.22. The van der Waals surface area contributed by atoms with Crippen molar-refractivity contribution < 1.29 is 13.6 Å². The maximum absolute atomic E-state index is 13.9. The molecule has 1 atom stereocenters. The number of nitrogens with zero attached hydrogens (tertiary/aromatic N) is 2. The third-order valence-electron chi connectivity index (χ3n) is 4.62. The van der Waals surface area contributed by atoms with Crippen LogP contribution in [0.3, 0.4) is 0 Å². The molecule has 0 spiro atoms. The first kappa shape index (κ1) is 17.9. The van der Waals surface area contributed by atoms with Crippen LogP contribution >= 0.6 is 0 Å². The van der Waals surface area contributed by atoms with Gasteiger partial charge in [0.15, 0.2) is 0 Å². The molecule has 0 radical (unpaired) electrons. The zero-order valence-electron chi connectivity index (χ0n) is 14.4. The summed E-state index contributed by atoms with van der Waals surface area (Å²) in [4.78, 5) is 16.1. The molecule has 1 saturated heterocycles. The molecule has 1 heterocycles. The summed E-state index contributed by atoms with van der Waals surface area (Å²) in [6.07, 6.45) is 2.42. The van der Waals surface area contributed by atoms with Crippen LogP contribution in [0.1, 0.15) is 22.3 Å². The van der Waals surface area contributed by atoms with Crippen molar-refractivity contribution in [2.75, 3.05) is 13.1 Å². The van der Waals surface area contributed by atoms with Crippen LogP contribution < -0.4 is 0 Å². The third kappa shape index (κ3) is 3.52. The van der Waals surface area contributed by atoms with Crippen LogP contribution in [0.2, 0.25) is 0 Å². The highest BCUT2D eigenvalue weighted by molar-refractivity contribution is 5.94. The molecule has 1 aliphatic rings. The Bertz CT molecular complexity index is 835. The van der Waals surface area contributed by atoms with E-state index in [2.05, 4.69) is 13.2 Å². The van der Waals surface area contributed by atoms with Gasteiger partial charge >= 0.3 is 0 Å². The molecule has 0 saturated carbocycles. The van der Waals surface area contributed by atoms with Crippen molar-refractivity contribution in [3.05, 3.63) is 90.7 Å². The standard InChI is InChI=1S/C21H20F2N2O/c1-3-25(15(2)16-7-5-4-6-8-16)18-11-12-24(14-18)21(26)19-10-9-17(22)13-20(19)23/h3-10,13,18H,1-2,11-12,14H2. The molecule has 1 fully saturated rings. The predicted molar refractivity (Wildman–Crippen MR) is 98.2 cm³/mol. The monoisotopic (exact) mass is 354 g/mol. The van der Waals surface area contributed by atoms with Crippen LogP contribution in [-0.2, 0) is 0 Å². The van der Waals surface area contributed by atoms with Crippen LogP contribution in [0.5, 0.6) is 0 Å². The minimum absolute atomic E-state index is 0.00710. The Kier molecular flexibility index (Phi) is 5.16. The van der Waals surface area contributed by atoms with E-state index >= 15 is 0 Å². The number of hydrogen-bond donors (Lipinski definition) is 0. The molecule has 0 bridgehead atoms. The fourth-order valence-electron chi connectivity index (χ4n) is 3.25. The number of halogens is 2. The highest BCUT2D eigenvalue weighted by Gasteiger charge is 2.31. The smallest absolute Gasteiger partial charge is 0.256 e. The highest BCUT2D eigenvalue weighted by Crippen LogP contribution is 2.26. The molecule has 0 N–H and O–H groups in total. The summed E-state index contributed by atoms with van der Waals surface area (Å²) < 4.78 is 27.0. The largest absolute Gasteiger partial charge is 0.344 e. The lowest BCUT2D eigenvalue weighted by Gasteiger charge is -2.29. The van der Waals surface area contributed by atoms with Gasteiger partial charge in [0.2, 0.25) is 0 Å². The van der Waals surface area contributed by atoms with Gasteiger partial charge in [-0.25, -0.2) is 8.78 Å². The number of carbonyl (C=O) groups excluding carboxylic acids is 1. The first-order chi connectivity index (χ1) is 12.5. The molecule has 3 nitrogen and oxygen atoms in total. The van der Waals surface area contributed by atoms with Crippen LogP contribution in [0.4, 0.5) is 8.78 Å². The Morgan fingerprint density at radius 2 is 1.92 bits per heavy atom. The molecular weight excluding hydrogens is 334 g/mol. The lowest BCUT2D eigenvalue weighted by molar-refractivity contribution is 0.0781. The van der Waals surface area contributed by atoms with Crippen LogP contribution in [0.25, 0.3) is 5.70 Å². The van der Waals surface area contributed by atoms with Crippen molar-refractivity contribution in [1.82, 2.24) is 9.80 Å². The highest BCUT2D eigenvalue weighted by atomic mass is 19.1. The van der Waals surface area contributed by atoms with Crippen molar-refractivity contribution in [2.45, 2.75) is 12.5 Å². The Morgan fingerprint density at radius 3 is 2.58 bits per heavy atom. The number of benzene rings is 2. The van der Waals surface area contributed by atoms with E-state index in [1.165, 1.54) is 6.07 Å². The number of carbonyl (C=O) groups is 1. The lowest BCUT2D eigenvalue weighted by Crippen LogP contribution is -2.35. The summed E-state index contributed by atoms with van der Waals surface area (Å²) in [6.45, 7) is 8.92. The van der Waals surface area contributed by atoms with E-state index in [4.69, 9.17) is 0 Å². The van der Waals surface area contributed by atoms with Gasteiger partial charge < -0.3 is 9.80 Å². The van der Waals surface area contributed by atoms with Crippen molar-refractivity contribution in [2.24, 2.45) is 0 Å². The lowest BCUT2D eigenvalue weighted by atomic mass is 10.1. The van der Waals surface area contributed by atoms with E-state index in [0.29, 0.717) is 19.5 Å². The Hall–Kier alpha value is -2.95. The maximum atomic E-state index is 13.9. The minimum atomic E-state index is -0.840. The van der Waals surface area contributed by atoms with Gasteiger partial charge in [-0.05, 0) is 30.3 Å². The summed E-state index contributed by atoms with van der Waals surface area (Å²) in [5.41, 5.74) is 1.66.